The topological polar surface area (TPSA) is 99.4 Å². The average Bonchev–Trinajstić information content (AvgIpc) is 3.38. The predicted molar refractivity (Wildman–Crippen MR) is 156 cm³/mol. The second-order valence-electron chi connectivity index (χ2n) is 16.2. The fourth-order valence-corrected chi connectivity index (χ4v) is 11.2. The van der Waals surface area contributed by atoms with Gasteiger partial charge in [-0.15, -0.1) is 0 Å². The van der Waals surface area contributed by atoms with Gasteiger partial charge in [0.15, 0.2) is 0 Å². The summed E-state index contributed by atoms with van der Waals surface area (Å²) in [4.78, 5) is 0. The highest BCUT2D eigenvalue weighted by molar-refractivity contribution is 5.11. The minimum absolute atomic E-state index is 0.294. The van der Waals surface area contributed by atoms with Gasteiger partial charge in [0.05, 0.1) is 12.2 Å². The molecule has 5 aliphatic rings. The molecule has 40 heavy (non-hydrogen) atoms. The Labute approximate surface area is 243 Å². The van der Waals surface area contributed by atoms with Gasteiger partial charge in [0.25, 0.3) is 0 Å². The molecule has 0 radical (unpaired) electrons. The van der Waals surface area contributed by atoms with Gasteiger partial charge in [-0.25, -0.2) is 0 Å². The van der Waals surface area contributed by atoms with E-state index in [-0.39, 0.29) is 0 Å². The zero-order valence-electron chi connectivity index (χ0n) is 26.3. The van der Waals surface area contributed by atoms with Gasteiger partial charge in [0.1, 0.15) is 24.9 Å². The van der Waals surface area contributed by atoms with Crippen molar-refractivity contribution in [2.75, 3.05) is 13.2 Å². The van der Waals surface area contributed by atoms with Crippen LogP contribution in [0.25, 0.3) is 0 Å². The normalized spacial score (nSPS) is 51.4. The van der Waals surface area contributed by atoms with E-state index in [4.69, 9.17) is 9.47 Å². The molecule has 232 valence electrons. The molecule has 0 amide bonds. The van der Waals surface area contributed by atoms with Crippen LogP contribution >= 0.6 is 0 Å². The fraction of sp³-hybridized carbons (Fsp3) is 1.00. The molecule has 5 fully saturated rings. The van der Waals surface area contributed by atoms with Crippen LogP contribution < -0.4 is 0 Å². The lowest BCUT2D eigenvalue weighted by molar-refractivity contribution is -0.329. The molecular formula is C34H60O6. The highest BCUT2D eigenvalue weighted by atomic mass is 16.7. The third-order valence-corrected chi connectivity index (χ3v) is 13.5. The molecule has 1 aliphatic heterocycles. The lowest BCUT2D eigenvalue weighted by Crippen LogP contribution is -2.59. The SMILES string of the molecule is CC(C)CCC[C@@H](C)[C@H]1CC[C@H]2[C@@H]3CC[C@H]4C[C@](C)(O[C@@]5(CO)O[C@@H](CO)[C@H](O)[C@H]5O)CC[C@]4(C)[C@H]3CC[C@]12C. The van der Waals surface area contributed by atoms with E-state index >= 15 is 0 Å². The Morgan fingerprint density at radius 1 is 0.850 bits per heavy atom. The number of aliphatic hydroxyl groups is 4. The summed E-state index contributed by atoms with van der Waals surface area (Å²) in [5.74, 6) is 3.84. The highest BCUT2D eigenvalue weighted by Crippen LogP contribution is 2.69. The molecule has 5 rings (SSSR count). The summed E-state index contributed by atoms with van der Waals surface area (Å²) in [5.41, 5.74) is 0.238. The maximum Gasteiger partial charge on any atom is 0.222 e. The van der Waals surface area contributed by atoms with E-state index in [0.29, 0.717) is 16.7 Å². The Bertz CT molecular complexity index is 880. The van der Waals surface area contributed by atoms with Crippen molar-refractivity contribution in [2.45, 2.75) is 148 Å². The Morgan fingerprint density at radius 3 is 2.23 bits per heavy atom. The minimum Gasteiger partial charge on any atom is -0.394 e. The van der Waals surface area contributed by atoms with Crippen molar-refractivity contribution >= 4 is 0 Å². The molecule has 6 heteroatoms. The van der Waals surface area contributed by atoms with Crippen LogP contribution in [0.1, 0.15) is 119 Å². The monoisotopic (exact) mass is 564 g/mol. The Balaban J connectivity index is 1.26. The van der Waals surface area contributed by atoms with Gasteiger partial charge < -0.3 is 29.9 Å². The molecule has 0 aromatic heterocycles. The number of aliphatic hydroxyl groups excluding tert-OH is 4. The molecule has 4 aliphatic carbocycles. The van der Waals surface area contributed by atoms with E-state index in [2.05, 4.69) is 41.5 Å². The Hall–Kier alpha value is -0.240. The van der Waals surface area contributed by atoms with Gasteiger partial charge in [-0.1, -0.05) is 53.9 Å². The van der Waals surface area contributed by atoms with Crippen molar-refractivity contribution in [3.8, 4) is 0 Å². The third kappa shape index (κ3) is 5.13. The molecule has 0 spiro atoms. The van der Waals surface area contributed by atoms with Crippen LogP contribution in [0.2, 0.25) is 0 Å². The Kier molecular flexibility index (Phi) is 8.86. The number of fused-ring (bicyclic) bond motifs is 5. The van der Waals surface area contributed by atoms with Gasteiger partial charge in [0, 0.05) is 0 Å². The van der Waals surface area contributed by atoms with Crippen LogP contribution in [0.3, 0.4) is 0 Å². The van der Waals surface area contributed by atoms with E-state index in [0.717, 1.165) is 54.8 Å². The summed E-state index contributed by atoms with van der Waals surface area (Å²) >= 11 is 0. The average molecular weight is 565 g/mol. The van der Waals surface area contributed by atoms with Crippen LogP contribution in [-0.2, 0) is 9.47 Å². The molecule has 1 saturated heterocycles. The molecule has 0 unspecified atom stereocenters. The molecule has 4 N–H and O–H groups in total. The van der Waals surface area contributed by atoms with E-state index < -0.39 is 42.9 Å². The van der Waals surface area contributed by atoms with Crippen LogP contribution in [-0.4, -0.2) is 63.3 Å². The van der Waals surface area contributed by atoms with E-state index in [1.54, 1.807) is 0 Å². The van der Waals surface area contributed by atoms with Crippen LogP contribution in [0.4, 0.5) is 0 Å². The summed E-state index contributed by atoms with van der Waals surface area (Å²) in [5, 5.41) is 41.0. The molecule has 0 aromatic carbocycles. The second-order valence-corrected chi connectivity index (χ2v) is 16.2. The zero-order chi connectivity index (χ0) is 29.1. The van der Waals surface area contributed by atoms with Gasteiger partial charge in [-0.05, 0) is 117 Å². The molecule has 1 heterocycles. The van der Waals surface area contributed by atoms with Crippen molar-refractivity contribution in [1.82, 2.24) is 0 Å². The maximum atomic E-state index is 10.8. The van der Waals surface area contributed by atoms with Crippen molar-refractivity contribution in [3.63, 3.8) is 0 Å². The zero-order valence-corrected chi connectivity index (χ0v) is 26.3. The summed E-state index contributed by atoms with van der Waals surface area (Å²) < 4.78 is 12.3. The number of rotatable bonds is 9. The first kappa shape index (κ1) is 31.2. The summed E-state index contributed by atoms with van der Waals surface area (Å²) in [6.07, 6.45) is 11.4. The maximum absolute atomic E-state index is 10.8. The van der Waals surface area contributed by atoms with Crippen LogP contribution in [0, 0.1) is 52.3 Å². The molecule has 6 nitrogen and oxygen atoms in total. The number of hydrogen-bond acceptors (Lipinski definition) is 6. The fourth-order valence-electron chi connectivity index (χ4n) is 11.2. The smallest absolute Gasteiger partial charge is 0.222 e. The van der Waals surface area contributed by atoms with Crippen molar-refractivity contribution in [2.24, 2.45) is 52.3 Å². The van der Waals surface area contributed by atoms with Gasteiger partial charge in [-0.3, -0.25) is 0 Å². The molecular weight excluding hydrogens is 504 g/mol. The van der Waals surface area contributed by atoms with Gasteiger partial charge in [0.2, 0.25) is 5.79 Å². The van der Waals surface area contributed by atoms with Crippen LogP contribution in [0.5, 0.6) is 0 Å². The molecule has 0 bridgehead atoms. The molecule has 0 aromatic rings. The Morgan fingerprint density at radius 2 is 1.57 bits per heavy atom. The first-order chi connectivity index (χ1) is 18.8. The van der Waals surface area contributed by atoms with Crippen molar-refractivity contribution in [1.29, 1.82) is 0 Å². The van der Waals surface area contributed by atoms with Crippen LogP contribution in [0.15, 0.2) is 0 Å². The summed E-state index contributed by atoms with van der Waals surface area (Å²) in [7, 11) is 0. The number of ether oxygens (including phenoxy) is 2. The van der Waals surface area contributed by atoms with Crippen molar-refractivity contribution < 1.29 is 29.9 Å². The molecule has 4 saturated carbocycles. The third-order valence-electron chi connectivity index (χ3n) is 13.5. The van der Waals surface area contributed by atoms with Gasteiger partial charge >= 0.3 is 0 Å². The number of hydrogen-bond donors (Lipinski definition) is 4. The first-order valence-corrected chi connectivity index (χ1v) is 16.8. The van der Waals surface area contributed by atoms with E-state index in [1.165, 1.54) is 57.8 Å². The lowest BCUT2D eigenvalue weighted by Gasteiger charge is -2.63. The predicted octanol–water partition coefficient (Wildman–Crippen LogP) is 5.68. The minimum atomic E-state index is -1.69. The summed E-state index contributed by atoms with van der Waals surface area (Å²) in [6, 6.07) is 0. The largest absolute Gasteiger partial charge is 0.394 e. The van der Waals surface area contributed by atoms with E-state index in [1.807, 2.05) is 0 Å². The van der Waals surface area contributed by atoms with Crippen molar-refractivity contribution in [3.05, 3.63) is 0 Å². The second kappa shape index (κ2) is 11.4. The lowest BCUT2D eigenvalue weighted by atomic mass is 9.43. The van der Waals surface area contributed by atoms with E-state index in [9.17, 15) is 20.4 Å². The standard InChI is InChI=1S/C34H60O6/c1-21(2)8-7-9-22(3)25-12-13-26-24-11-10-23-18-31(4,16-17-32(23,5)27(24)14-15-33(25,26)6)40-34(20-36)30(38)29(37)28(19-35)39-34/h21-30,35-38H,7-20H2,1-6H3/t22-,23+,24+,25-,26+,27+,28+,29+,30-,31-,32+,33-,34-/m1/s1. The quantitative estimate of drug-likeness (QED) is 0.287. The first-order valence-electron chi connectivity index (χ1n) is 16.8. The summed E-state index contributed by atoms with van der Waals surface area (Å²) in [6.45, 7) is 13.6. The highest BCUT2D eigenvalue weighted by Gasteiger charge is 2.63. The van der Waals surface area contributed by atoms with Gasteiger partial charge in [-0.2, -0.15) is 0 Å². The molecule has 13 atom stereocenters.